The molecule has 0 atom stereocenters. The van der Waals surface area contributed by atoms with Crippen LogP contribution in [0.2, 0.25) is 0 Å². The van der Waals surface area contributed by atoms with Gasteiger partial charge in [0.1, 0.15) is 0 Å². The molecular formula is C21H21F2NO6S. The van der Waals surface area contributed by atoms with Gasteiger partial charge in [0, 0.05) is 11.0 Å². The number of amides is 1. The van der Waals surface area contributed by atoms with Gasteiger partial charge in [-0.3, -0.25) is 4.79 Å². The Hall–Kier alpha value is -3.27. The molecule has 0 aliphatic rings. The molecule has 0 fully saturated rings. The Labute approximate surface area is 182 Å². The van der Waals surface area contributed by atoms with Crippen LogP contribution in [0, 0.1) is 0 Å². The molecule has 0 aliphatic carbocycles. The molecule has 0 aliphatic heterocycles. The Morgan fingerprint density at radius 3 is 2.29 bits per heavy atom. The second-order valence-corrected chi connectivity index (χ2v) is 6.85. The monoisotopic (exact) mass is 453 g/mol. The number of carbonyl (C=O) groups is 2. The van der Waals surface area contributed by atoms with Gasteiger partial charge in [-0.1, -0.05) is 23.9 Å². The van der Waals surface area contributed by atoms with Crippen LogP contribution in [0.3, 0.4) is 0 Å². The zero-order chi connectivity index (χ0) is 22.8. The number of esters is 1. The number of para-hydroxylation sites is 1. The van der Waals surface area contributed by atoms with Crippen molar-refractivity contribution in [1.29, 1.82) is 0 Å². The first kappa shape index (κ1) is 24.0. The average molecular weight is 453 g/mol. The van der Waals surface area contributed by atoms with Gasteiger partial charge in [0.15, 0.2) is 18.1 Å². The lowest BCUT2D eigenvalue weighted by Gasteiger charge is -2.12. The highest BCUT2D eigenvalue weighted by atomic mass is 32.2. The zero-order valence-electron chi connectivity index (χ0n) is 17.0. The predicted octanol–water partition coefficient (Wildman–Crippen LogP) is 4.22. The lowest BCUT2D eigenvalue weighted by molar-refractivity contribution is -0.142. The number of ether oxygens (including phenoxy) is 4. The first-order valence-electron chi connectivity index (χ1n) is 8.86. The molecule has 2 aromatic rings. The van der Waals surface area contributed by atoms with Gasteiger partial charge in [0.2, 0.25) is 5.75 Å². The van der Waals surface area contributed by atoms with Crippen LogP contribution in [0.4, 0.5) is 14.5 Å². The molecule has 10 heteroatoms. The van der Waals surface area contributed by atoms with E-state index in [0.717, 1.165) is 6.08 Å². The number of thioether (sulfide) groups is 1. The lowest BCUT2D eigenvalue weighted by atomic mass is 10.1. The van der Waals surface area contributed by atoms with Crippen LogP contribution in [-0.2, 0) is 14.3 Å². The van der Waals surface area contributed by atoms with E-state index >= 15 is 0 Å². The Morgan fingerprint density at radius 1 is 1.06 bits per heavy atom. The van der Waals surface area contributed by atoms with Crippen LogP contribution in [0.25, 0.3) is 6.08 Å². The topological polar surface area (TPSA) is 83.1 Å². The normalized spacial score (nSPS) is 10.8. The molecule has 0 unspecified atom stereocenters. The summed E-state index contributed by atoms with van der Waals surface area (Å²) in [6.45, 7) is -0.577. The molecule has 2 aromatic carbocycles. The van der Waals surface area contributed by atoms with Crippen molar-refractivity contribution in [2.75, 3.05) is 33.3 Å². The average Bonchev–Trinajstić information content (AvgIpc) is 2.76. The Balaban J connectivity index is 1.97. The van der Waals surface area contributed by atoms with Crippen molar-refractivity contribution in [1.82, 2.24) is 0 Å². The smallest absolute Gasteiger partial charge is 0.331 e. The highest BCUT2D eigenvalue weighted by molar-refractivity contribution is 7.99. The van der Waals surface area contributed by atoms with Crippen LogP contribution in [-0.4, -0.2) is 45.6 Å². The molecule has 0 radical (unpaired) electrons. The maximum Gasteiger partial charge on any atom is 0.331 e. The molecule has 0 heterocycles. The first-order valence-corrected chi connectivity index (χ1v) is 9.74. The number of hydrogen-bond donors (Lipinski definition) is 1. The van der Waals surface area contributed by atoms with Gasteiger partial charge in [-0.25, -0.2) is 4.79 Å². The van der Waals surface area contributed by atoms with Gasteiger partial charge in [-0.2, -0.15) is 8.78 Å². The lowest BCUT2D eigenvalue weighted by Crippen LogP contribution is -2.20. The zero-order valence-corrected chi connectivity index (χ0v) is 17.8. The maximum atomic E-state index is 12.6. The van der Waals surface area contributed by atoms with E-state index in [4.69, 9.17) is 18.9 Å². The SMILES string of the molecule is COc1cc(/C=C/C(=O)OCC(=O)Nc2ccccc2SC(F)F)cc(OC)c1OC. The highest BCUT2D eigenvalue weighted by Gasteiger charge is 2.14. The van der Waals surface area contributed by atoms with Gasteiger partial charge >= 0.3 is 5.97 Å². The number of rotatable bonds is 10. The van der Waals surface area contributed by atoms with E-state index in [1.807, 2.05) is 0 Å². The number of benzene rings is 2. The van der Waals surface area contributed by atoms with Crippen LogP contribution in [0.1, 0.15) is 5.56 Å². The van der Waals surface area contributed by atoms with Crippen LogP contribution >= 0.6 is 11.8 Å². The summed E-state index contributed by atoms with van der Waals surface area (Å²) in [6, 6.07) is 9.38. The van der Waals surface area contributed by atoms with Gasteiger partial charge in [0.05, 0.1) is 27.0 Å². The fourth-order valence-corrected chi connectivity index (χ4v) is 3.10. The van der Waals surface area contributed by atoms with Crippen molar-refractivity contribution in [3.63, 3.8) is 0 Å². The number of alkyl halides is 2. The molecule has 31 heavy (non-hydrogen) atoms. The molecule has 166 valence electrons. The molecule has 0 bridgehead atoms. The molecule has 0 saturated carbocycles. The molecule has 1 amide bonds. The largest absolute Gasteiger partial charge is 0.493 e. The number of anilines is 1. The highest BCUT2D eigenvalue weighted by Crippen LogP contribution is 2.38. The minimum atomic E-state index is -2.63. The minimum absolute atomic E-state index is 0.208. The second-order valence-electron chi connectivity index (χ2n) is 5.82. The van der Waals surface area contributed by atoms with Crippen molar-refractivity contribution >= 4 is 35.4 Å². The molecule has 1 N–H and O–H groups in total. The van der Waals surface area contributed by atoms with E-state index < -0.39 is 24.2 Å². The minimum Gasteiger partial charge on any atom is -0.493 e. The standard InChI is InChI=1S/C21H21F2NO6S/c1-27-15-10-13(11-16(28-2)20(15)29-3)8-9-19(26)30-12-18(25)24-14-6-4-5-7-17(14)31-21(22)23/h4-11,21H,12H2,1-3H3,(H,24,25)/b9-8+. The van der Waals surface area contributed by atoms with Crippen molar-refractivity contribution in [2.45, 2.75) is 10.7 Å². The number of carbonyl (C=O) groups excluding carboxylic acids is 2. The molecule has 0 spiro atoms. The number of methoxy groups -OCH3 is 3. The third-order valence-corrected chi connectivity index (χ3v) is 4.61. The quantitative estimate of drug-likeness (QED) is 0.328. The fourth-order valence-electron chi connectivity index (χ4n) is 2.50. The van der Waals surface area contributed by atoms with Crippen molar-refractivity contribution in [3.8, 4) is 17.2 Å². The molecule has 0 aromatic heterocycles. The predicted molar refractivity (Wildman–Crippen MR) is 113 cm³/mol. The Morgan fingerprint density at radius 2 is 1.71 bits per heavy atom. The van der Waals surface area contributed by atoms with Gasteiger partial charge in [-0.05, 0) is 35.9 Å². The van der Waals surface area contributed by atoms with E-state index in [9.17, 15) is 18.4 Å². The Kier molecular flexibility index (Phi) is 9.13. The van der Waals surface area contributed by atoms with Gasteiger partial charge < -0.3 is 24.3 Å². The van der Waals surface area contributed by atoms with E-state index in [1.54, 1.807) is 24.3 Å². The second kappa shape index (κ2) is 11.8. The molecular weight excluding hydrogens is 432 g/mol. The van der Waals surface area contributed by atoms with Crippen LogP contribution < -0.4 is 19.5 Å². The van der Waals surface area contributed by atoms with Crippen molar-refractivity contribution < 1.29 is 37.3 Å². The van der Waals surface area contributed by atoms with E-state index in [0.29, 0.717) is 34.6 Å². The number of hydrogen-bond acceptors (Lipinski definition) is 7. The van der Waals surface area contributed by atoms with Crippen molar-refractivity contribution in [2.24, 2.45) is 0 Å². The van der Waals surface area contributed by atoms with Crippen LogP contribution in [0.5, 0.6) is 17.2 Å². The summed E-state index contributed by atoms with van der Waals surface area (Å²) in [6.07, 6.45) is 2.59. The number of nitrogens with one attached hydrogen (secondary N) is 1. The van der Waals surface area contributed by atoms with Gasteiger partial charge in [-0.15, -0.1) is 0 Å². The summed E-state index contributed by atoms with van der Waals surface area (Å²) in [5, 5.41) is 2.45. The first-order chi connectivity index (χ1) is 14.9. The summed E-state index contributed by atoms with van der Waals surface area (Å²) >= 11 is 0.309. The van der Waals surface area contributed by atoms with Crippen molar-refractivity contribution in [3.05, 3.63) is 48.0 Å². The summed E-state index contributed by atoms with van der Waals surface area (Å²) in [5.41, 5.74) is 0.788. The molecule has 7 nitrogen and oxygen atoms in total. The fraction of sp³-hybridized carbons (Fsp3) is 0.238. The third kappa shape index (κ3) is 7.18. The van der Waals surface area contributed by atoms with Crippen LogP contribution in [0.15, 0.2) is 47.4 Å². The number of halogens is 2. The van der Waals surface area contributed by atoms with E-state index in [2.05, 4.69) is 5.32 Å². The maximum absolute atomic E-state index is 12.6. The van der Waals surface area contributed by atoms with Gasteiger partial charge in [0.25, 0.3) is 11.7 Å². The Bertz CT molecular complexity index is 926. The summed E-state index contributed by atoms with van der Waals surface area (Å²) in [4.78, 5) is 24.2. The third-order valence-electron chi connectivity index (χ3n) is 3.82. The summed E-state index contributed by atoms with van der Waals surface area (Å²) < 4.78 is 45.8. The molecule has 0 saturated heterocycles. The summed E-state index contributed by atoms with van der Waals surface area (Å²) in [5.74, 6) is -2.82. The molecule has 2 rings (SSSR count). The summed E-state index contributed by atoms with van der Waals surface area (Å²) in [7, 11) is 4.41. The van der Waals surface area contributed by atoms with E-state index in [1.165, 1.54) is 39.5 Å². The van der Waals surface area contributed by atoms with E-state index in [-0.39, 0.29) is 10.6 Å².